The van der Waals surface area contributed by atoms with Gasteiger partial charge < -0.3 is 10.1 Å². The van der Waals surface area contributed by atoms with Crippen molar-refractivity contribution in [3.8, 4) is 5.75 Å². The molecule has 0 spiro atoms. The van der Waals surface area contributed by atoms with E-state index in [9.17, 15) is 0 Å². The van der Waals surface area contributed by atoms with E-state index in [0.29, 0.717) is 12.1 Å². The number of hydrogen-bond donors (Lipinski definition) is 1. The summed E-state index contributed by atoms with van der Waals surface area (Å²) in [5.74, 6) is 4.35. The first kappa shape index (κ1) is 13.8. The summed E-state index contributed by atoms with van der Waals surface area (Å²) in [6.45, 7) is 3.18. The number of ether oxygens (including phenoxy) is 1. The van der Waals surface area contributed by atoms with Gasteiger partial charge in [-0.2, -0.15) is 11.8 Å². The Morgan fingerprint density at radius 1 is 1.47 bits per heavy atom. The second kappa shape index (κ2) is 6.06. The molecule has 1 saturated heterocycles. The summed E-state index contributed by atoms with van der Waals surface area (Å²) in [6.07, 6.45) is 2.79. The first-order valence-electron chi connectivity index (χ1n) is 7.05. The van der Waals surface area contributed by atoms with E-state index in [1.807, 2.05) is 0 Å². The molecule has 0 aromatic heterocycles. The maximum Gasteiger partial charge on any atom is 0.124 e. The van der Waals surface area contributed by atoms with Crippen molar-refractivity contribution in [2.24, 2.45) is 5.92 Å². The number of halogens is 1. The highest BCUT2D eigenvalue weighted by Gasteiger charge is 2.34. The minimum absolute atomic E-state index is 0.382. The minimum atomic E-state index is 0.382. The van der Waals surface area contributed by atoms with Gasteiger partial charge in [0.2, 0.25) is 0 Å². The van der Waals surface area contributed by atoms with Crippen LogP contribution in [0.25, 0.3) is 0 Å². The molecule has 0 radical (unpaired) electrons. The fourth-order valence-electron chi connectivity index (χ4n) is 3.04. The van der Waals surface area contributed by atoms with Crippen molar-refractivity contribution >= 4 is 27.7 Å². The van der Waals surface area contributed by atoms with Gasteiger partial charge in [0.1, 0.15) is 11.9 Å². The van der Waals surface area contributed by atoms with Gasteiger partial charge in [0.05, 0.1) is 0 Å². The van der Waals surface area contributed by atoms with Crippen LogP contribution in [0.3, 0.4) is 0 Å². The Hall–Kier alpha value is -0.190. The van der Waals surface area contributed by atoms with E-state index in [1.54, 1.807) is 0 Å². The maximum absolute atomic E-state index is 6.27. The van der Waals surface area contributed by atoms with Crippen LogP contribution in [0.4, 0.5) is 0 Å². The molecule has 0 aliphatic carbocycles. The number of rotatable bonds is 3. The third-order valence-electron chi connectivity index (χ3n) is 4.03. The van der Waals surface area contributed by atoms with Crippen molar-refractivity contribution in [2.45, 2.75) is 31.9 Å². The third-order valence-corrected chi connectivity index (χ3v) is 5.72. The lowest BCUT2D eigenvalue weighted by Gasteiger charge is -2.35. The monoisotopic (exact) mass is 341 g/mol. The fraction of sp³-hybridized carbons (Fsp3) is 0.600. The van der Waals surface area contributed by atoms with Gasteiger partial charge in [-0.05, 0) is 42.7 Å². The van der Waals surface area contributed by atoms with E-state index < -0.39 is 0 Å². The lowest BCUT2D eigenvalue weighted by molar-refractivity contribution is 0.103. The molecule has 2 heterocycles. The molecule has 3 atom stereocenters. The summed E-state index contributed by atoms with van der Waals surface area (Å²) in [4.78, 5) is 0. The molecule has 19 heavy (non-hydrogen) atoms. The van der Waals surface area contributed by atoms with Gasteiger partial charge in [0.15, 0.2) is 0 Å². The Kier molecular flexibility index (Phi) is 4.40. The Balaban J connectivity index is 1.85. The number of hydrogen-bond acceptors (Lipinski definition) is 3. The molecule has 104 valence electrons. The molecule has 3 rings (SSSR count). The molecule has 1 aromatic carbocycles. The van der Waals surface area contributed by atoms with Crippen molar-refractivity contribution in [2.75, 3.05) is 18.1 Å². The van der Waals surface area contributed by atoms with E-state index >= 15 is 0 Å². The molecule has 2 aliphatic rings. The number of nitrogens with one attached hydrogen (secondary N) is 1. The van der Waals surface area contributed by atoms with Crippen LogP contribution < -0.4 is 10.1 Å². The van der Waals surface area contributed by atoms with Crippen LogP contribution in [-0.2, 0) is 0 Å². The van der Waals surface area contributed by atoms with E-state index in [1.165, 1.54) is 23.5 Å². The molecule has 1 aromatic rings. The first-order valence-corrected chi connectivity index (χ1v) is 9.00. The average Bonchev–Trinajstić information content (AvgIpc) is 2.93. The Morgan fingerprint density at radius 2 is 2.37 bits per heavy atom. The van der Waals surface area contributed by atoms with E-state index in [-0.39, 0.29) is 0 Å². The van der Waals surface area contributed by atoms with Crippen molar-refractivity contribution in [3.63, 3.8) is 0 Å². The van der Waals surface area contributed by atoms with Crippen LogP contribution >= 0.6 is 27.7 Å². The molecule has 4 heteroatoms. The zero-order chi connectivity index (χ0) is 13.2. The topological polar surface area (TPSA) is 21.3 Å². The molecule has 2 nitrogen and oxygen atoms in total. The van der Waals surface area contributed by atoms with Gasteiger partial charge in [-0.15, -0.1) is 0 Å². The van der Waals surface area contributed by atoms with E-state index in [0.717, 1.165) is 29.1 Å². The minimum Gasteiger partial charge on any atom is -0.490 e. The standard InChI is InChI=1S/C15H20BrNOS/c1-2-17-13-8-15(10-5-6-19-9-10)18-14-4-3-11(16)7-12(13)14/h3-4,7,10,13,15,17H,2,5-6,8-9H2,1H3. The Labute approximate surface area is 127 Å². The summed E-state index contributed by atoms with van der Waals surface area (Å²) in [5, 5.41) is 3.61. The number of fused-ring (bicyclic) bond motifs is 1. The summed E-state index contributed by atoms with van der Waals surface area (Å²) in [6, 6.07) is 6.82. The summed E-state index contributed by atoms with van der Waals surface area (Å²) in [5.41, 5.74) is 1.30. The van der Waals surface area contributed by atoms with Crippen LogP contribution in [0.2, 0.25) is 0 Å². The van der Waals surface area contributed by atoms with Crippen LogP contribution in [-0.4, -0.2) is 24.2 Å². The Morgan fingerprint density at radius 3 is 3.11 bits per heavy atom. The predicted molar refractivity (Wildman–Crippen MR) is 85.0 cm³/mol. The Bertz CT molecular complexity index is 448. The SMILES string of the molecule is CCNC1CC(C2CCSC2)Oc2ccc(Br)cc21. The van der Waals surface area contributed by atoms with Gasteiger partial charge in [0, 0.05) is 28.4 Å². The molecule has 3 unspecified atom stereocenters. The second-order valence-corrected chi connectivity index (χ2v) is 7.37. The molecule has 1 fully saturated rings. The molecule has 0 amide bonds. The highest BCUT2D eigenvalue weighted by molar-refractivity contribution is 9.10. The lowest BCUT2D eigenvalue weighted by Crippen LogP contribution is -2.37. The van der Waals surface area contributed by atoms with Crippen molar-refractivity contribution in [1.29, 1.82) is 0 Å². The fourth-order valence-corrected chi connectivity index (χ4v) is 4.74. The van der Waals surface area contributed by atoms with Gasteiger partial charge in [-0.25, -0.2) is 0 Å². The van der Waals surface area contributed by atoms with Gasteiger partial charge in [-0.3, -0.25) is 0 Å². The highest BCUT2D eigenvalue weighted by Crippen LogP contribution is 2.41. The van der Waals surface area contributed by atoms with E-state index in [2.05, 4.69) is 58.1 Å². The van der Waals surface area contributed by atoms with Crippen LogP contribution in [0.1, 0.15) is 31.4 Å². The zero-order valence-electron chi connectivity index (χ0n) is 11.2. The zero-order valence-corrected chi connectivity index (χ0v) is 13.6. The number of thioether (sulfide) groups is 1. The third kappa shape index (κ3) is 2.96. The summed E-state index contributed by atoms with van der Waals surface area (Å²) < 4.78 is 7.41. The molecule has 1 N–H and O–H groups in total. The summed E-state index contributed by atoms with van der Waals surface area (Å²) >= 11 is 5.63. The van der Waals surface area contributed by atoms with Crippen LogP contribution in [0.5, 0.6) is 5.75 Å². The van der Waals surface area contributed by atoms with Gasteiger partial charge >= 0.3 is 0 Å². The van der Waals surface area contributed by atoms with Gasteiger partial charge in [-0.1, -0.05) is 22.9 Å². The van der Waals surface area contributed by atoms with Crippen LogP contribution in [0, 0.1) is 5.92 Å². The molecular formula is C15H20BrNOS. The number of benzene rings is 1. The van der Waals surface area contributed by atoms with E-state index in [4.69, 9.17) is 4.74 Å². The van der Waals surface area contributed by atoms with Gasteiger partial charge in [0.25, 0.3) is 0 Å². The molecular weight excluding hydrogens is 322 g/mol. The maximum atomic E-state index is 6.27. The molecule has 0 bridgehead atoms. The van der Waals surface area contributed by atoms with Crippen molar-refractivity contribution in [3.05, 3.63) is 28.2 Å². The largest absolute Gasteiger partial charge is 0.490 e. The second-order valence-electron chi connectivity index (χ2n) is 5.31. The highest BCUT2D eigenvalue weighted by atomic mass is 79.9. The normalized spacial score (nSPS) is 29.9. The van der Waals surface area contributed by atoms with Crippen molar-refractivity contribution in [1.82, 2.24) is 5.32 Å². The quantitative estimate of drug-likeness (QED) is 0.897. The first-order chi connectivity index (χ1) is 9.28. The predicted octanol–water partition coefficient (Wildman–Crippen LogP) is 4.00. The summed E-state index contributed by atoms with van der Waals surface area (Å²) in [7, 11) is 0. The van der Waals surface area contributed by atoms with Crippen LogP contribution in [0.15, 0.2) is 22.7 Å². The molecule has 2 aliphatic heterocycles. The average molecular weight is 342 g/mol. The molecule has 0 saturated carbocycles. The smallest absolute Gasteiger partial charge is 0.124 e. The lowest BCUT2D eigenvalue weighted by atomic mass is 9.89. The van der Waals surface area contributed by atoms with Crippen molar-refractivity contribution < 1.29 is 4.74 Å².